The second kappa shape index (κ2) is 3.66. The SMILES string of the molecule is CNC(=O)c1ccc([N+](=O)[O-])cc1. The molecule has 1 aromatic rings. The third-order valence-electron chi connectivity index (χ3n) is 1.57. The van der Waals surface area contributed by atoms with Crippen molar-refractivity contribution in [3.05, 3.63) is 39.9 Å². The molecule has 0 unspecified atom stereocenters. The molecule has 0 atom stereocenters. The van der Waals surface area contributed by atoms with E-state index in [0.29, 0.717) is 5.56 Å². The number of carbonyl (C=O) groups is 1. The molecule has 1 amide bonds. The van der Waals surface area contributed by atoms with E-state index in [-0.39, 0.29) is 11.6 Å². The number of nitro benzene ring substituents is 1. The summed E-state index contributed by atoms with van der Waals surface area (Å²) < 4.78 is 0. The van der Waals surface area contributed by atoms with Crippen LogP contribution in [0.5, 0.6) is 0 Å². The average molecular weight is 180 g/mol. The predicted molar refractivity (Wildman–Crippen MR) is 46.5 cm³/mol. The summed E-state index contributed by atoms with van der Waals surface area (Å²) in [7, 11) is 1.50. The van der Waals surface area contributed by atoms with Gasteiger partial charge in [0.05, 0.1) is 4.92 Å². The van der Waals surface area contributed by atoms with E-state index in [4.69, 9.17) is 0 Å². The Morgan fingerprint density at radius 1 is 1.38 bits per heavy atom. The molecule has 0 aromatic heterocycles. The van der Waals surface area contributed by atoms with Crippen molar-refractivity contribution >= 4 is 11.6 Å². The highest BCUT2D eigenvalue weighted by Gasteiger charge is 2.06. The number of carbonyl (C=O) groups excluding carboxylic acids is 1. The quantitative estimate of drug-likeness (QED) is 0.544. The molecule has 1 rings (SSSR count). The van der Waals surface area contributed by atoms with E-state index in [9.17, 15) is 14.9 Å². The van der Waals surface area contributed by atoms with E-state index < -0.39 is 4.92 Å². The molecule has 0 radical (unpaired) electrons. The summed E-state index contributed by atoms with van der Waals surface area (Å²) in [6, 6.07) is 5.42. The summed E-state index contributed by atoms with van der Waals surface area (Å²) in [6.07, 6.45) is 0. The molecule has 0 aliphatic carbocycles. The molecule has 1 aromatic carbocycles. The van der Waals surface area contributed by atoms with Gasteiger partial charge in [0.1, 0.15) is 0 Å². The van der Waals surface area contributed by atoms with Crippen molar-refractivity contribution in [2.75, 3.05) is 7.05 Å². The van der Waals surface area contributed by atoms with Gasteiger partial charge in [-0.05, 0) is 12.1 Å². The first-order valence-corrected chi connectivity index (χ1v) is 3.61. The molecule has 1 N–H and O–H groups in total. The van der Waals surface area contributed by atoms with Crippen LogP contribution in [-0.2, 0) is 0 Å². The zero-order valence-corrected chi connectivity index (χ0v) is 6.98. The summed E-state index contributed by atoms with van der Waals surface area (Å²) in [5.74, 6) is -0.255. The smallest absolute Gasteiger partial charge is 0.269 e. The number of amides is 1. The molecular formula is C8H8N2O3. The van der Waals surface area contributed by atoms with Crippen LogP contribution in [-0.4, -0.2) is 17.9 Å². The summed E-state index contributed by atoms with van der Waals surface area (Å²) in [6.45, 7) is 0. The van der Waals surface area contributed by atoms with Gasteiger partial charge in [-0.3, -0.25) is 14.9 Å². The van der Waals surface area contributed by atoms with Gasteiger partial charge < -0.3 is 5.32 Å². The van der Waals surface area contributed by atoms with Gasteiger partial charge in [0.2, 0.25) is 0 Å². The number of hydrogen-bond acceptors (Lipinski definition) is 3. The van der Waals surface area contributed by atoms with Crippen LogP contribution in [0.2, 0.25) is 0 Å². The predicted octanol–water partition coefficient (Wildman–Crippen LogP) is 0.954. The Kier molecular flexibility index (Phi) is 2.59. The number of nitrogens with one attached hydrogen (secondary N) is 1. The van der Waals surface area contributed by atoms with E-state index in [1.54, 1.807) is 0 Å². The van der Waals surface area contributed by atoms with Crippen LogP contribution < -0.4 is 5.32 Å². The first-order valence-electron chi connectivity index (χ1n) is 3.61. The molecule has 13 heavy (non-hydrogen) atoms. The van der Waals surface area contributed by atoms with Crippen molar-refractivity contribution in [3.63, 3.8) is 0 Å². The maximum absolute atomic E-state index is 11.0. The fourth-order valence-electron chi connectivity index (χ4n) is 0.879. The van der Waals surface area contributed by atoms with Crippen LogP contribution in [0.4, 0.5) is 5.69 Å². The van der Waals surface area contributed by atoms with E-state index >= 15 is 0 Å². The Morgan fingerprint density at radius 2 is 1.92 bits per heavy atom. The molecule has 0 fully saturated rings. The van der Waals surface area contributed by atoms with Crippen LogP contribution >= 0.6 is 0 Å². The number of rotatable bonds is 2. The lowest BCUT2D eigenvalue weighted by Gasteiger charge is -1.97. The summed E-state index contributed by atoms with van der Waals surface area (Å²) >= 11 is 0. The fourth-order valence-corrected chi connectivity index (χ4v) is 0.879. The third-order valence-corrected chi connectivity index (χ3v) is 1.57. The van der Waals surface area contributed by atoms with E-state index in [1.807, 2.05) is 0 Å². The van der Waals surface area contributed by atoms with Crippen LogP contribution in [0.1, 0.15) is 10.4 Å². The topological polar surface area (TPSA) is 72.2 Å². The maximum atomic E-state index is 11.0. The molecule has 0 spiro atoms. The largest absolute Gasteiger partial charge is 0.355 e. The lowest BCUT2D eigenvalue weighted by atomic mass is 10.2. The minimum absolute atomic E-state index is 0.0207. The third kappa shape index (κ3) is 2.02. The van der Waals surface area contributed by atoms with Crippen molar-refractivity contribution in [1.82, 2.24) is 5.32 Å². The van der Waals surface area contributed by atoms with E-state index in [0.717, 1.165) is 0 Å². The van der Waals surface area contributed by atoms with Gasteiger partial charge >= 0.3 is 0 Å². The van der Waals surface area contributed by atoms with Crippen molar-refractivity contribution in [1.29, 1.82) is 0 Å². The molecule has 5 heteroatoms. The van der Waals surface area contributed by atoms with Gasteiger partial charge in [0.15, 0.2) is 0 Å². The van der Waals surface area contributed by atoms with Gasteiger partial charge in [-0.15, -0.1) is 0 Å². The molecule has 0 heterocycles. The first kappa shape index (κ1) is 9.18. The van der Waals surface area contributed by atoms with Crippen molar-refractivity contribution in [2.24, 2.45) is 0 Å². The second-order valence-corrected chi connectivity index (χ2v) is 2.38. The Morgan fingerprint density at radius 3 is 2.31 bits per heavy atom. The maximum Gasteiger partial charge on any atom is 0.269 e. The van der Waals surface area contributed by atoms with Gasteiger partial charge in [-0.2, -0.15) is 0 Å². The highest BCUT2D eigenvalue weighted by atomic mass is 16.6. The molecule has 0 aliphatic heterocycles. The van der Waals surface area contributed by atoms with Crippen molar-refractivity contribution in [2.45, 2.75) is 0 Å². The number of nitrogens with zero attached hydrogens (tertiary/aromatic N) is 1. The first-order chi connectivity index (χ1) is 6.15. The summed E-state index contributed by atoms with van der Waals surface area (Å²) in [4.78, 5) is 20.8. The molecule has 0 aliphatic rings. The zero-order valence-electron chi connectivity index (χ0n) is 6.98. The van der Waals surface area contributed by atoms with Crippen LogP contribution in [0.25, 0.3) is 0 Å². The van der Waals surface area contributed by atoms with Crippen LogP contribution in [0, 0.1) is 10.1 Å². The Balaban J connectivity index is 2.93. The lowest BCUT2D eigenvalue weighted by Crippen LogP contribution is -2.17. The molecule has 0 saturated heterocycles. The van der Waals surface area contributed by atoms with Gasteiger partial charge in [0.25, 0.3) is 11.6 Å². The lowest BCUT2D eigenvalue weighted by molar-refractivity contribution is -0.384. The summed E-state index contributed by atoms with van der Waals surface area (Å²) in [5.41, 5.74) is 0.390. The fraction of sp³-hybridized carbons (Fsp3) is 0.125. The number of benzene rings is 1. The normalized spacial score (nSPS) is 9.31. The Labute approximate surface area is 74.5 Å². The Hall–Kier alpha value is -1.91. The highest BCUT2D eigenvalue weighted by Crippen LogP contribution is 2.11. The number of nitro groups is 1. The molecule has 0 bridgehead atoms. The van der Waals surface area contributed by atoms with Crippen LogP contribution in [0.15, 0.2) is 24.3 Å². The van der Waals surface area contributed by atoms with Gasteiger partial charge in [-0.25, -0.2) is 0 Å². The monoisotopic (exact) mass is 180 g/mol. The highest BCUT2D eigenvalue weighted by molar-refractivity contribution is 5.94. The van der Waals surface area contributed by atoms with Gasteiger partial charge in [0, 0.05) is 24.7 Å². The number of non-ortho nitro benzene ring substituents is 1. The van der Waals surface area contributed by atoms with Crippen molar-refractivity contribution in [3.8, 4) is 0 Å². The minimum atomic E-state index is -0.506. The summed E-state index contributed by atoms with van der Waals surface area (Å²) in [5, 5.41) is 12.7. The second-order valence-electron chi connectivity index (χ2n) is 2.38. The molecule has 0 saturated carbocycles. The van der Waals surface area contributed by atoms with E-state index in [1.165, 1.54) is 31.3 Å². The molecule has 5 nitrogen and oxygen atoms in total. The number of hydrogen-bond donors (Lipinski definition) is 1. The average Bonchev–Trinajstić information content (AvgIpc) is 2.17. The molecule has 68 valence electrons. The zero-order chi connectivity index (χ0) is 9.84. The van der Waals surface area contributed by atoms with Gasteiger partial charge in [-0.1, -0.05) is 0 Å². The Bertz CT molecular complexity index is 332. The molecular weight excluding hydrogens is 172 g/mol. The van der Waals surface area contributed by atoms with Crippen molar-refractivity contribution < 1.29 is 9.72 Å². The standard InChI is InChI=1S/C8H8N2O3/c1-9-8(11)6-2-4-7(5-3-6)10(12)13/h2-5H,1H3,(H,9,11). The minimum Gasteiger partial charge on any atom is -0.355 e. The van der Waals surface area contributed by atoms with Crippen LogP contribution in [0.3, 0.4) is 0 Å². The van der Waals surface area contributed by atoms with E-state index in [2.05, 4.69) is 5.32 Å².